The summed E-state index contributed by atoms with van der Waals surface area (Å²) in [5.41, 5.74) is 0. The first-order valence-corrected chi connectivity index (χ1v) is 10.3. The van der Waals surface area contributed by atoms with Gasteiger partial charge in [0.15, 0.2) is 0 Å². The molecule has 4 rings (SSSR count). The maximum Gasteiger partial charge on any atom is 0.317 e. The van der Waals surface area contributed by atoms with Gasteiger partial charge in [0.05, 0.1) is 6.54 Å². The molecule has 0 spiro atoms. The summed E-state index contributed by atoms with van der Waals surface area (Å²) >= 11 is 0. The third kappa shape index (κ3) is 3.64. The second-order valence-electron chi connectivity index (χ2n) is 8.27. The van der Waals surface area contributed by atoms with Crippen LogP contribution in [-0.2, 0) is 4.79 Å². The Bertz CT molecular complexity index is 502. The highest BCUT2D eigenvalue weighted by Crippen LogP contribution is 2.35. The van der Waals surface area contributed by atoms with Crippen molar-refractivity contribution in [3.8, 4) is 0 Å². The molecule has 4 aliphatic rings. The smallest absolute Gasteiger partial charge is 0.317 e. The summed E-state index contributed by atoms with van der Waals surface area (Å²) in [7, 11) is 0. The second-order valence-corrected chi connectivity index (χ2v) is 8.27. The molecule has 1 N–H and O–H groups in total. The van der Waals surface area contributed by atoms with Gasteiger partial charge in [0.25, 0.3) is 0 Å². The van der Waals surface area contributed by atoms with E-state index in [1.54, 1.807) is 0 Å². The molecule has 25 heavy (non-hydrogen) atoms. The fourth-order valence-electron chi connectivity index (χ4n) is 5.44. The van der Waals surface area contributed by atoms with Crippen LogP contribution in [0.3, 0.4) is 0 Å². The SMILES string of the molecule is O=C1NCCN1C1CCN(CC(=O)N2CCC[C@@H]3CCCC[C@H]32)CC1. The molecule has 1 aliphatic carbocycles. The number of amides is 3. The van der Waals surface area contributed by atoms with Gasteiger partial charge in [-0.15, -0.1) is 0 Å². The summed E-state index contributed by atoms with van der Waals surface area (Å²) in [6.45, 7) is 5.01. The minimum absolute atomic E-state index is 0.0891. The molecule has 0 bridgehead atoms. The monoisotopic (exact) mass is 348 g/mol. The summed E-state index contributed by atoms with van der Waals surface area (Å²) in [5.74, 6) is 1.10. The number of piperidine rings is 2. The molecule has 1 saturated carbocycles. The molecule has 6 nitrogen and oxygen atoms in total. The van der Waals surface area contributed by atoms with E-state index in [0.29, 0.717) is 24.5 Å². The Hall–Kier alpha value is -1.30. The Morgan fingerprint density at radius 2 is 1.72 bits per heavy atom. The van der Waals surface area contributed by atoms with Crippen LogP contribution in [0.15, 0.2) is 0 Å². The van der Waals surface area contributed by atoms with Crippen LogP contribution in [-0.4, -0.2) is 78.0 Å². The fourth-order valence-corrected chi connectivity index (χ4v) is 5.44. The number of rotatable bonds is 3. The number of hydrogen-bond donors (Lipinski definition) is 1. The van der Waals surface area contributed by atoms with Gasteiger partial charge in [-0.3, -0.25) is 9.69 Å². The highest BCUT2D eigenvalue weighted by Gasteiger charge is 2.37. The number of fused-ring (bicyclic) bond motifs is 1. The van der Waals surface area contributed by atoms with Crippen molar-refractivity contribution >= 4 is 11.9 Å². The number of carbonyl (C=O) groups excluding carboxylic acids is 2. The van der Waals surface area contributed by atoms with Gasteiger partial charge in [-0.05, 0) is 44.4 Å². The molecule has 3 amide bonds. The molecule has 0 aromatic rings. The second kappa shape index (κ2) is 7.52. The third-order valence-corrected chi connectivity index (χ3v) is 6.81. The topological polar surface area (TPSA) is 55.9 Å². The zero-order valence-corrected chi connectivity index (χ0v) is 15.3. The summed E-state index contributed by atoms with van der Waals surface area (Å²) in [6.07, 6.45) is 9.64. The number of likely N-dealkylation sites (tertiary alicyclic amines) is 2. The van der Waals surface area contributed by atoms with Gasteiger partial charge in [0.2, 0.25) is 5.91 Å². The van der Waals surface area contributed by atoms with Gasteiger partial charge in [0, 0.05) is 44.8 Å². The summed E-state index contributed by atoms with van der Waals surface area (Å²) in [6, 6.07) is 0.957. The lowest BCUT2D eigenvalue weighted by Gasteiger charge is -2.45. The predicted octanol–water partition coefficient (Wildman–Crippen LogP) is 1.66. The molecule has 0 aromatic heterocycles. The highest BCUT2D eigenvalue weighted by atomic mass is 16.2. The van der Waals surface area contributed by atoms with Crippen LogP contribution in [0.25, 0.3) is 0 Å². The summed E-state index contributed by atoms with van der Waals surface area (Å²) < 4.78 is 0. The van der Waals surface area contributed by atoms with Crippen molar-refractivity contribution in [1.29, 1.82) is 0 Å². The molecular formula is C19H32N4O2. The minimum atomic E-state index is 0.0891. The largest absolute Gasteiger partial charge is 0.338 e. The van der Waals surface area contributed by atoms with Crippen LogP contribution in [0.4, 0.5) is 4.79 Å². The quantitative estimate of drug-likeness (QED) is 0.844. The van der Waals surface area contributed by atoms with Crippen molar-refractivity contribution in [1.82, 2.24) is 20.0 Å². The van der Waals surface area contributed by atoms with Crippen LogP contribution in [0, 0.1) is 5.92 Å². The van der Waals surface area contributed by atoms with Gasteiger partial charge in [-0.1, -0.05) is 12.8 Å². The third-order valence-electron chi connectivity index (χ3n) is 6.81. The van der Waals surface area contributed by atoms with Crippen molar-refractivity contribution in [3.05, 3.63) is 0 Å². The van der Waals surface area contributed by atoms with E-state index in [4.69, 9.17) is 0 Å². The number of hydrogen-bond acceptors (Lipinski definition) is 3. The van der Waals surface area contributed by atoms with Gasteiger partial charge in [-0.2, -0.15) is 0 Å². The van der Waals surface area contributed by atoms with Crippen molar-refractivity contribution in [2.24, 2.45) is 5.92 Å². The van der Waals surface area contributed by atoms with Gasteiger partial charge in [0.1, 0.15) is 0 Å². The standard InChI is InChI=1S/C19H32N4O2/c24-18(23-10-3-5-15-4-1-2-6-17(15)23)14-21-11-7-16(8-12-21)22-13-9-20-19(22)25/h15-17H,1-14H2,(H,20,25)/t15-,17+/m0/s1. The predicted molar refractivity (Wildman–Crippen MR) is 96.3 cm³/mol. The lowest BCUT2D eigenvalue weighted by Crippen LogP contribution is -2.54. The maximum absolute atomic E-state index is 12.9. The van der Waals surface area contributed by atoms with Crippen molar-refractivity contribution in [3.63, 3.8) is 0 Å². The average Bonchev–Trinajstić information content (AvgIpc) is 3.08. The van der Waals surface area contributed by atoms with Crippen molar-refractivity contribution in [2.75, 3.05) is 39.3 Å². The Balaban J connectivity index is 1.28. The highest BCUT2D eigenvalue weighted by molar-refractivity contribution is 5.79. The average molecular weight is 348 g/mol. The molecule has 0 unspecified atom stereocenters. The molecule has 3 heterocycles. The zero-order chi connectivity index (χ0) is 17.2. The fraction of sp³-hybridized carbons (Fsp3) is 0.895. The van der Waals surface area contributed by atoms with E-state index in [1.165, 1.54) is 38.5 Å². The zero-order valence-electron chi connectivity index (χ0n) is 15.3. The van der Waals surface area contributed by atoms with E-state index in [0.717, 1.165) is 51.5 Å². The first-order valence-electron chi connectivity index (χ1n) is 10.3. The molecule has 2 atom stereocenters. The van der Waals surface area contributed by atoms with E-state index in [9.17, 15) is 9.59 Å². The Morgan fingerprint density at radius 3 is 2.48 bits per heavy atom. The molecule has 140 valence electrons. The van der Waals surface area contributed by atoms with Crippen molar-refractivity contribution < 1.29 is 9.59 Å². The van der Waals surface area contributed by atoms with E-state index in [1.807, 2.05) is 4.90 Å². The molecule has 6 heteroatoms. The minimum Gasteiger partial charge on any atom is -0.338 e. The van der Waals surface area contributed by atoms with Crippen LogP contribution in [0.2, 0.25) is 0 Å². The Labute approximate surface area is 150 Å². The Morgan fingerprint density at radius 1 is 0.960 bits per heavy atom. The van der Waals surface area contributed by atoms with Gasteiger partial charge < -0.3 is 15.1 Å². The number of nitrogens with one attached hydrogen (secondary N) is 1. The molecule has 3 saturated heterocycles. The lowest BCUT2D eigenvalue weighted by molar-refractivity contribution is -0.139. The molecule has 4 fully saturated rings. The van der Waals surface area contributed by atoms with Crippen LogP contribution in [0.5, 0.6) is 0 Å². The van der Waals surface area contributed by atoms with Crippen molar-refractivity contribution in [2.45, 2.75) is 63.5 Å². The summed E-state index contributed by atoms with van der Waals surface area (Å²) in [4.78, 5) is 31.2. The number of urea groups is 1. The summed E-state index contributed by atoms with van der Waals surface area (Å²) in [5, 5.41) is 2.89. The van der Waals surface area contributed by atoms with Crippen LogP contribution in [0.1, 0.15) is 51.4 Å². The van der Waals surface area contributed by atoms with Gasteiger partial charge in [-0.25, -0.2) is 4.79 Å². The number of carbonyl (C=O) groups is 2. The lowest BCUT2D eigenvalue weighted by atomic mass is 9.78. The first-order chi connectivity index (χ1) is 12.2. The van der Waals surface area contributed by atoms with E-state index < -0.39 is 0 Å². The van der Waals surface area contributed by atoms with E-state index >= 15 is 0 Å². The molecular weight excluding hydrogens is 316 g/mol. The van der Waals surface area contributed by atoms with E-state index in [2.05, 4.69) is 15.1 Å². The molecule has 0 radical (unpaired) electrons. The van der Waals surface area contributed by atoms with E-state index in [-0.39, 0.29) is 6.03 Å². The maximum atomic E-state index is 12.9. The van der Waals surface area contributed by atoms with Crippen LogP contribution < -0.4 is 5.32 Å². The number of nitrogens with zero attached hydrogens (tertiary/aromatic N) is 3. The van der Waals surface area contributed by atoms with Gasteiger partial charge >= 0.3 is 6.03 Å². The normalized spacial score (nSPS) is 31.8. The Kier molecular flexibility index (Phi) is 5.15. The van der Waals surface area contributed by atoms with Crippen LogP contribution >= 0.6 is 0 Å². The molecule has 0 aromatic carbocycles. The molecule has 3 aliphatic heterocycles. The first kappa shape index (κ1) is 17.1.